The number of aryl methyl sites for hydroxylation is 1. The van der Waals surface area contributed by atoms with E-state index >= 15 is 0 Å². The Labute approximate surface area is 182 Å². The number of benzene rings is 2. The van der Waals surface area contributed by atoms with Crippen molar-refractivity contribution in [3.8, 4) is 23.5 Å². The van der Waals surface area contributed by atoms with Crippen LogP contribution in [0.25, 0.3) is 0 Å². The van der Waals surface area contributed by atoms with Gasteiger partial charge in [-0.05, 0) is 39.0 Å². The highest BCUT2D eigenvalue weighted by molar-refractivity contribution is 5.91. The fraction of sp³-hybridized carbons (Fsp3) is 0.292. The Morgan fingerprint density at radius 1 is 0.935 bits per heavy atom. The molecule has 2 aromatic carbocycles. The van der Waals surface area contributed by atoms with Crippen molar-refractivity contribution in [2.75, 3.05) is 18.1 Å². The summed E-state index contributed by atoms with van der Waals surface area (Å²) in [7, 11) is 0. The fourth-order valence-electron chi connectivity index (χ4n) is 2.98. The minimum atomic E-state index is -0.0631. The zero-order valence-corrected chi connectivity index (χ0v) is 18.3. The second-order valence-electron chi connectivity index (χ2n) is 6.84. The molecular formula is C24H27N3O4. The highest BCUT2D eigenvalue weighted by atomic mass is 16.5. The van der Waals surface area contributed by atoms with Gasteiger partial charge in [-0.1, -0.05) is 35.9 Å². The number of anilines is 1. The van der Waals surface area contributed by atoms with E-state index in [1.165, 1.54) is 0 Å². The molecule has 31 heavy (non-hydrogen) atoms. The summed E-state index contributed by atoms with van der Waals surface area (Å²) in [6, 6.07) is 17.1. The minimum Gasteiger partial charge on any atom is -0.478 e. The van der Waals surface area contributed by atoms with Crippen molar-refractivity contribution in [1.29, 1.82) is 0 Å². The van der Waals surface area contributed by atoms with Crippen LogP contribution in [0, 0.1) is 6.92 Å². The molecule has 1 heterocycles. The first-order valence-corrected chi connectivity index (χ1v) is 10.2. The second-order valence-corrected chi connectivity index (χ2v) is 6.84. The lowest BCUT2D eigenvalue weighted by Crippen LogP contribution is -2.27. The second kappa shape index (κ2) is 10.4. The van der Waals surface area contributed by atoms with Gasteiger partial charge in [0.25, 0.3) is 0 Å². The van der Waals surface area contributed by atoms with Crippen LogP contribution in [-0.4, -0.2) is 29.1 Å². The Morgan fingerprint density at radius 3 is 2.13 bits per heavy atom. The number of carbonyl (C=O) groups excluding carboxylic acids is 1. The van der Waals surface area contributed by atoms with E-state index < -0.39 is 0 Å². The van der Waals surface area contributed by atoms with E-state index in [1.54, 1.807) is 17.9 Å². The Morgan fingerprint density at radius 2 is 1.55 bits per heavy atom. The molecular weight excluding hydrogens is 394 g/mol. The average Bonchev–Trinajstić information content (AvgIpc) is 2.74. The van der Waals surface area contributed by atoms with Gasteiger partial charge in [-0.25, -0.2) is 0 Å². The van der Waals surface area contributed by atoms with Crippen LogP contribution in [-0.2, 0) is 11.3 Å². The third kappa shape index (κ3) is 5.94. The lowest BCUT2D eigenvalue weighted by molar-refractivity contribution is -0.116. The summed E-state index contributed by atoms with van der Waals surface area (Å²) in [4.78, 5) is 22.7. The predicted molar refractivity (Wildman–Crippen MR) is 119 cm³/mol. The van der Waals surface area contributed by atoms with Gasteiger partial charge in [-0.3, -0.25) is 4.79 Å². The lowest BCUT2D eigenvalue weighted by Gasteiger charge is -2.22. The molecule has 7 heteroatoms. The normalized spacial score (nSPS) is 10.5. The monoisotopic (exact) mass is 421 g/mol. The van der Waals surface area contributed by atoms with Crippen LogP contribution in [0.2, 0.25) is 0 Å². The summed E-state index contributed by atoms with van der Waals surface area (Å²) < 4.78 is 17.0. The molecule has 3 aromatic rings. The van der Waals surface area contributed by atoms with Crippen molar-refractivity contribution in [2.45, 2.75) is 34.2 Å². The topological polar surface area (TPSA) is 73.8 Å². The van der Waals surface area contributed by atoms with Gasteiger partial charge in [0.2, 0.25) is 17.7 Å². The molecule has 1 amide bonds. The number of hydrogen-bond acceptors (Lipinski definition) is 6. The first-order chi connectivity index (χ1) is 15.0. The molecule has 0 unspecified atom stereocenters. The molecule has 162 valence electrons. The van der Waals surface area contributed by atoms with Gasteiger partial charge in [-0.2, -0.15) is 9.97 Å². The van der Waals surface area contributed by atoms with Crippen LogP contribution < -0.4 is 19.1 Å². The Hall–Kier alpha value is -3.61. The van der Waals surface area contributed by atoms with E-state index in [9.17, 15) is 4.79 Å². The van der Waals surface area contributed by atoms with Crippen LogP contribution in [0.5, 0.6) is 23.5 Å². The molecule has 0 aliphatic heterocycles. The Balaban J connectivity index is 1.89. The third-order valence-electron chi connectivity index (χ3n) is 4.47. The van der Waals surface area contributed by atoms with E-state index in [0.717, 1.165) is 16.8 Å². The van der Waals surface area contributed by atoms with Crippen LogP contribution in [0.1, 0.15) is 31.9 Å². The summed E-state index contributed by atoms with van der Waals surface area (Å²) >= 11 is 0. The molecule has 7 nitrogen and oxygen atoms in total. The first kappa shape index (κ1) is 22.1. The molecule has 0 bridgehead atoms. The quantitative estimate of drug-likeness (QED) is 0.488. The molecule has 0 saturated heterocycles. The highest BCUT2D eigenvalue weighted by Crippen LogP contribution is 2.29. The maximum atomic E-state index is 12.4. The van der Waals surface area contributed by atoms with Crippen LogP contribution in [0.15, 0.2) is 54.6 Å². The SMILES string of the molecule is CCOc1cc(OCC)nc(Oc2ccccc2CN(C(C)=O)c2ccc(C)cc2)n1. The molecule has 0 fully saturated rings. The molecule has 0 atom stereocenters. The van der Waals surface area contributed by atoms with Crippen molar-refractivity contribution in [3.05, 3.63) is 65.7 Å². The van der Waals surface area contributed by atoms with Crippen LogP contribution in [0.3, 0.4) is 0 Å². The number of para-hydroxylation sites is 1. The molecule has 0 aliphatic carbocycles. The number of aromatic nitrogens is 2. The Kier molecular flexibility index (Phi) is 7.43. The fourth-order valence-corrected chi connectivity index (χ4v) is 2.98. The number of rotatable bonds is 9. The standard InChI is InChI=1S/C24H27N3O4/c1-5-29-22-15-23(30-6-2)26-24(25-22)31-21-10-8-7-9-19(21)16-27(18(4)28)20-13-11-17(3)12-14-20/h7-15H,5-6,16H2,1-4H3. The highest BCUT2D eigenvalue weighted by Gasteiger charge is 2.16. The number of ether oxygens (including phenoxy) is 3. The summed E-state index contributed by atoms with van der Waals surface area (Å²) in [5, 5.41) is 0. The number of amides is 1. The zero-order valence-electron chi connectivity index (χ0n) is 18.3. The molecule has 0 saturated carbocycles. The maximum absolute atomic E-state index is 12.4. The Bertz CT molecular complexity index is 997. The van der Waals surface area contributed by atoms with E-state index in [1.807, 2.05) is 69.3 Å². The van der Waals surface area contributed by atoms with Crippen LogP contribution >= 0.6 is 0 Å². The largest absolute Gasteiger partial charge is 0.478 e. The summed E-state index contributed by atoms with van der Waals surface area (Å²) in [5.74, 6) is 1.24. The van der Waals surface area contributed by atoms with Gasteiger partial charge in [0.15, 0.2) is 0 Å². The van der Waals surface area contributed by atoms with Gasteiger partial charge in [0.05, 0.1) is 25.8 Å². The van der Waals surface area contributed by atoms with Crippen molar-refractivity contribution >= 4 is 11.6 Å². The van der Waals surface area contributed by atoms with Crippen molar-refractivity contribution in [3.63, 3.8) is 0 Å². The number of nitrogens with zero attached hydrogens (tertiary/aromatic N) is 3. The van der Waals surface area contributed by atoms with Gasteiger partial charge < -0.3 is 19.1 Å². The average molecular weight is 421 g/mol. The van der Waals surface area contributed by atoms with Crippen molar-refractivity contribution < 1.29 is 19.0 Å². The van der Waals surface area contributed by atoms with Crippen molar-refractivity contribution in [1.82, 2.24) is 9.97 Å². The third-order valence-corrected chi connectivity index (χ3v) is 4.47. The van der Waals surface area contributed by atoms with Crippen molar-refractivity contribution in [2.24, 2.45) is 0 Å². The van der Waals surface area contributed by atoms with Gasteiger partial charge in [0, 0.05) is 18.2 Å². The molecule has 0 N–H and O–H groups in total. The van der Waals surface area contributed by atoms with Gasteiger partial charge in [0.1, 0.15) is 5.75 Å². The summed E-state index contributed by atoms with van der Waals surface area (Å²) in [6.07, 6.45) is 0. The zero-order chi connectivity index (χ0) is 22.2. The summed E-state index contributed by atoms with van der Waals surface area (Å²) in [6.45, 7) is 8.58. The van der Waals surface area contributed by atoms with Crippen LogP contribution in [0.4, 0.5) is 5.69 Å². The van der Waals surface area contributed by atoms with E-state index in [0.29, 0.717) is 37.3 Å². The van der Waals surface area contributed by atoms with E-state index in [2.05, 4.69) is 9.97 Å². The predicted octanol–water partition coefficient (Wildman–Crippen LogP) is 4.93. The van der Waals surface area contributed by atoms with E-state index in [4.69, 9.17) is 14.2 Å². The molecule has 0 aliphatic rings. The minimum absolute atomic E-state index is 0.0631. The van der Waals surface area contributed by atoms with Gasteiger partial charge >= 0.3 is 6.01 Å². The maximum Gasteiger partial charge on any atom is 0.328 e. The molecule has 0 radical (unpaired) electrons. The molecule has 1 aromatic heterocycles. The number of carbonyl (C=O) groups is 1. The smallest absolute Gasteiger partial charge is 0.328 e. The summed E-state index contributed by atoms with van der Waals surface area (Å²) in [5.41, 5.74) is 2.77. The number of hydrogen-bond donors (Lipinski definition) is 0. The molecule has 0 spiro atoms. The first-order valence-electron chi connectivity index (χ1n) is 10.2. The lowest BCUT2D eigenvalue weighted by atomic mass is 10.1. The molecule has 3 rings (SSSR count). The van der Waals surface area contributed by atoms with E-state index in [-0.39, 0.29) is 11.9 Å². The van der Waals surface area contributed by atoms with Gasteiger partial charge in [-0.15, -0.1) is 0 Å².